The van der Waals surface area contributed by atoms with Gasteiger partial charge < -0.3 is 15.3 Å². The predicted molar refractivity (Wildman–Crippen MR) is 108 cm³/mol. The van der Waals surface area contributed by atoms with Crippen molar-refractivity contribution >= 4 is 69.7 Å². The van der Waals surface area contributed by atoms with Crippen molar-refractivity contribution in [2.45, 2.75) is 25.4 Å². The fraction of sp³-hybridized carbons (Fsp3) is 0.222. The molecule has 2 N–H and O–H groups in total. The maximum absolute atomic E-state index is 12.6. The number of fused-ring (bicyclic) bond motifs is 1. The van der Waals surface area contributed by atoms with E-state index in [9.17, 15) is 14.7 Å². The normalized spacial score (nSPS) is 18.4. The molecule has 0 aliphatic carbocycles. The molecule has 1 heterocycles. The van der Waals surface area contributed by atoms with Crippen LogP contribution in [0, 0.1) is 0 Å². The first-order valence-corrected chi connectivity index (χ1v) is 9.44. The van der Waals surface area contributed by atoms with Gasteiger partial charge in [-0.05, 0) is 24.3 Å². The number of carboxylic acid groups (broad SMARTS) is 1. The second-order valence-corrected chi connectivity index (χ2v) is 7.75. The summed E-state index contributed by atoms with van der Waals surface area (Å²) < 4.78 is 0. The van der Waals surface area contributed by atoms with Crippen molar-refractivity contribution in [3.8, 4) is 0 Å². The van der Waals surface area contributed by atoms with Gasteiger partial charge in [-0.25, -0.2) is 4.79 Å². The predicted octanol–water partition coefficient (Wildman–Crippen LogP) is 5.66. The summed E-state index contributed by atoms with van der Waals surface area (Å²) in [5, 5.41) is 13.7. The molecule has 2 atom stereocenters. The Morgan fingerprint density at radius 1 is 1.11 bits per heavy atom. The van der Waals surface area contributed by atoms with E-state index in [0.717, 1.165) is 0 Å². The number of carboxylic acids is 1. The second kappa shape index (κ2) is 7.76. The van der Waals surface area contributed by atoms with E-state index in [-0.39, 0.29) is 22.4 Å². The summed E-state index contributed by atoms with van der Waals surface area (Å²) in [4.78, 5) is 25.6. The van der Waals surface area contributed by atoms with Gasteiger partial charge in [0.1, 0.15) is 6.04 Å². The van der Waals surface area contributed by atoms with Crippen molar-refractivity contribution < 1.29 is 14.7 Å². The fourth-order valence-electron chi connectivity index (χ4n) is 3.28. The van der Waals surface area contributed by atoms with Crippen molar-refractivity contribution in [3.05, 3.63) is 56.0 Å². The molecule has 142 valence electrons. The molecule has 0 spiro atoms. The van der Waals surface area contributed by atoms with Crippen molar-refractivity contribution in [2.24, 2.45) is 0 Å². The molecular weight excluding hydrogens is 434 g/mol. The minimum atomic E-state index is -1.06. The maximum Gasteiger partial charge on any atom is 0.326 e. The van der Waals surface area contributed by atoms with Crippen LogP contribution in [-0.2, 0) is 9.59 Å². The lowest BCUT2D eigenvalue weighted by atomic mass is 9.91. The summed E-state index contributed by atoms with van der Waals surface area (Å²) in [6, 6.07) is 6.37. The van der Waals surface area contributed by atoms with Crippen molar-refractivity contribution in [1.29, 1.82) is 0 Å². The zero-order chi connectivity index (χ0) is 19.9. The molecule has 2 aromatic rings. The molecule has 0 saturated carbocycles. The average Bonchev–Trinajstić information content (AvgIpc) is 2.56. The average molecular weight is 448 g/mol. The number of para-hydroxylation sites is 1. The number of carbonyl (C=O) groups is 2. The molecule has 0 bridgehead atoms. The van der Waals surface area contributed by atoms with Gasteiger partial charge in [-0.15, -0.1) is 0 Å². The van der Waals surface area contributed by atoms with Crippen LogP contribution in [-0.4, -0.2) is 23.0 Å². The molecule has 1 aliphatic rings. The lowest BCUT2D eigenvalue weighted by molar-refractivity contribution is -0.138. The third kappa shape index (κ3) is 3.83. The highest BCUT2D eigenvalue weighted by Crippen LogP contribution is 2.47. The Kier molecular flexibility index (Phi) is 5.77. The van der Waals surface area contributed by atoms with E-state index in [1.54, 1.807) is 30.3 Å². The number of carbonyl (C=O) groups excluding carboxylic acids is 1. The van der Waals surface area contributed by atoms with Crippen LogP contribution in [0.25, 0.3) is 0 Å². The number of nitrogens with one attached hydrogen (secondary N) is 1. The third-order valence-electron chi connectivity index (χ3n) is 4.34. The Morgan fingerprint density at radius 2 is 1.74 bits per heavy atom. The molecule has 1 aliphatic heterocycles. The van der Waals surface area contributed by atoms with Gasteiger partial charge in [-0.3, -0.25) is 4.79 Å². The van der Waals surface area contributed by atoms with E-state index in [1.165, 1.54) is 11.8 Å². The lowest BCUT2D eigenvalue weighted by Gasteiger charge is -2.39. The topological polar surface area (TPSA) is 69.6 Å². The van der Waals surface area contributed by atoms with Gasteiger partial charge in [0, 0.05) is 34.6 Å². The van der Waals surface area contributed by atoms with Crippen LogP contribution in [0.2, 0.25) is 20.1 Å². The van der Waals surface area contributed by atoms with Crippen LogP contribution >= 0.6 is 46.4 Å². The van der Waals surface area contributed by atoms with E-state index in [2.05, 4.69) is 5.32 Å². The minimum absolute atomic E-state index is 0.0742. The first-order valence-electron chi connectivity index (χ1n) is 7.92. The van der Waals surface area contributed by atoms with Crippen LogP contribution < -0.4 is 10.2 Å². The molecule has 0 saturated heterocycles. The Balaban J connectivity index is 2.23. The summed E-state index contributed by atoms with van der Waals surface area (Å²) in [7, 11) is 0. The highest BCUT2D eigenvalue weighted by atomic mass is 35.5. The van der Waals surface area contributed by atoms with Crippen LogP contribution in [0.15, 0.2) is 30.3 Å². The summed E-state index contributed by atoms with van der Waals surface area (Å²) in [6.45, 7) is 1.36. The largest absolute Gasteiger partial charge is 0.480 e. The number of anilines is 2. The van der Waals surface area contributed by atoms with Crippen molar-refractivity contribution in [3.63, 3.8) is 0 Å². The summed E-state index contributed by atoms with van der Waals surface area (Å²) in [5.41, 5.74) is 1.32. The molecular formula is C18H14Cl4N2O3. The van der Waals surface area contributed by atoms with Crippen LogP contribution in [0.3, 0.4) is 0 Å². The highest BCUT2D eigenvalue weighted by Gasteiger charge is 2.38. The van der Waals surface area contributed by atoms with Crippen LogP contribution in [0.1, 0.15) is 24.9 Å². The fourth-order valence-corrected chi connectivity index (χ4v) is 4.48. The van der Waals surface area contributed by atoms with E-state index in [4.69, 9.17) is 46.4 Å². The molecule has 1 amide bonds. The molecule has 0 radical (unpaired) electrons. The van der Waals surface area contributed by atoms with Gasteiger partial charge >= 0.3 is 5.97 Å². The Morgan fingerprint density at radius 3 is 2.30 bits per heavy atom. The number of benzene rings is 2. The third-order valence-corrected chi connectivity index (χ3v) is 5.48. The number of amides is 1. The number of aliphatic carboxylic acids is 1. The number of halogens is 4. The van der Waals surface area contributed by atoms with Gasteiger partial charge in [0.2, 0.25) is 5.91 Å². The van der Waals surface area contributed by atoms with Gasteiger partial charge in [-0.1, -0.05) is 52.5 Å². The van der Waals surface area contributed by atoms with Gasteiger partial charge in [0.15, 0.2) is 0 Å². The van der Waals surface area contributed by atoms with E-state index in [1.807, 2.05) is 0 Å². The summed E-state index contributed by atoms with van der Waals surface area (Å²) in [5.74, 6) is -1.41. The van der Waals surface area contributed by atoms with Crippen LogP contribution in [0.4, 0.5) is 11.4 Å². The quantitative estimate of drug-likeness (QED) is 0.636. The second-order valence-electron chi connectivity index (χ2n) is 6.09. The zero-order valence-corrected chi connectivity index (χ0v) is 17.0. The number of hydrogen-bond acceptors (Lipinski definition) is 3. The van der Waals surface area contributed by atoms with Gasteiger partial charge in [0.05, 0.1) is 21.8 Å². The molecule has 3 rings (SSSR count). The van der Waals surface area contributed by atoms with E-state index < -0.39 is 18.1 Å². The minimum Gasteiger partial charge on any atom is -0.480 e. The standard InChI is InChI=1S/C18H14Cl4N2O3/c1-8(25)24(17-10(20)3-2-4-11(17)21)15-7-14(18(26)27)23-13-6-9(19)5-12(22)16(13)15/h2-6,14-15,23H,7H2,1H3,(H,26,27)/t14-,15+/m0/s1. The SMILES string of the molecule is CC(=O)N(c1c(Cl)cccc1Cl)[C@@H]1C[C@@H](C(=O)O)Nc2cc(Cl)cc(Cl)c21. The smallest absolute Gasteiger partial charge is 0.326 e. The number of hydrogen-bond donors (Lipinski definition) is 2. The van der Waals surface area contributed by atoms with E-state index >= 15 is 0 Å². The van der Waals surface area contributed by atoms with E-state index in [0.29, 0.717) is 27.0 Å². The van der Waals surface area contributed by atoms with Crippen LogP contribution in [0.5, 0.6) is 0 Å². The Bertz CT molecular complexity index is 915. The number of rotatable bonds is 3. The van der Waals surface area contributed by atoms with Gasteiger partial charge in [-0.2, -0.15) is 0 Å². The Hall–Kier alpha value is -1.66. The first kappa shape index (κ1) is 20.1. The molecule has 0 unspecified atom stereocenters. The number of nitrogens with zero attached hydrogens (tertiary/aromatic N) is 1. The molecule has 5 nitrogen and oxygen atoms in total. The molecule has 0 fully saturated rings. The summed E-state index contributed by atoms with van der Waals surface area (Å²) in [6.07, 6.45) is 0.0742. The molecule has 2 aromatic carbocycles. The van der Waals surface area contributed by atoms with Crippen molar-refractivity contribution in [2.75, 3.05) is 10.2 Å². The molecule has 27 heavy (non-hydrogen) atoms. The zero-order valence-electron chi connectivity index (χ0n) is 14.0. The molecule has 0 aromatic heterocycles. The molecule has 9 heteroatoms. The monoisotopic (exact) mass is 446 g/mol. The van der Waals surface area contributed by atoms with Crippen molar-refractivity contribution in [1.82, 2.24) is 0 Å². The lowest BCUT2D eigenvalue weighted by Crippen LogP contribution is -2.43. The maximum atomic E-state index is 12.6. The highest BCUT2D eigenvalue weighted by molar-refractivity contribution is 6.40. The Labute approximate surface area is 175 Å². The van der Waals surface area contributed by atoms with Gasteiger partial charge in [0.25, 0.3) is 0 Å². The summed E-state index contributed by atoms with van der Waals surface area (Å²) >= 11 is 25.1. The first-order chi connectivity index (χ1) is 12.7.